The largest absolute Gasteiger partial charge is 0.491 e. The van der Waals surface area contributed by atoms with Gasteiger partial charge in [-0.05, 0) is 62.0 Å². The number of aliphatic hydroxyl groups is 1. The van der Waals surface area contributed by atoms with Crippen molar-refractivity contribution in [3.63, 3.8) is 0 Å². The Labute approximate surface area is 165 Å². The van der Waals surface area contributed by atoms with Crippen LogP contribution in [-0.2, 0) is 9.59 Å². The molecule has 2 N–H and O–H groups in total. The van der Waals surface area contributed by atoms with Gasteiger partial charge in [-0.1, -0.05) is 42.0 Å². The van der Waals surface area contributed by atoms with Crippen LogP contribution >= 0.6 is 0 Å². The number of fused-ring (bicyclic) bond motifs is 1. The number of carboxylic acid groups (broad SMARTS) is 1. The van der Waals surface area contributed by atoms with Crippen molar-refractivity contribution in [3.05, 3.63) is 54.1 Å². The number of carbonyl (C=O) groups excluding carboxylic acids is 1. The number of aliphatic hydroxyl groups excluding tert-OH is 1. The topological polar surface area (TPSA) is 83.8 Å². The third-order valence-corrected chi connectivity index (χ3v) is 5.84. The number of rotatable bonds is 9. The molecule has 2 saturated carbocycles. The fraction of sp³-hybridized carbons (Fsp3) is 0.478. The summed E-state index contributed by atoms with van der Waals surface area (Å²) < 4.78 is 5.59. The van der Waals surface area contributed by atoms with E-state index < -0.39 is 17.9 Å². The summed E-state index contributed by atoms with van der Waals surface area (Å²) in [5.41, 5.74) is 1.35. The lowest BCUT2D eigenvalue weighted by Gasteiger charge is -2.15. The number of benzene rings is 1. The summed E-state index contributed by atoms with van der Waals surface area (Å²) in [6.45, 7) is 0.240. The normalized spacial score (nSPS) is 26.5. The SMILES string of the molecule is O=C(O)C(=O)CC/C=C1\C[C@@H]2CC[C@H](/C=C/[C@H](O)COc3ccccc3)[C@H]2C1. The molecule has 1 aromatic carbocycles. The number of hydrogen-bond acceptors (Lipinski definition) is 4. The number of hydrogen-bond donors (Lipinski definition) is 2. The van der Waals surface area contributed by atoms with E-state index >= 15 is 0 Å². The van der Waals surface area contributed by atoms with E-state index in [-0.39, 0.29) is 13.0 Å². The lowest BCUT2D eigenvalue weighted by Crippen LogP contribution is -2.15. The lowest BCUT2D eigenvalue weighted by atomic mass is 9.91. The van der Waals surface area contributed by atoms with Gasteiger partial charge in [-0.15, -0.1) is 0 Å². The molecule has 0 heterocycles. The molecule has 5 nitrogen and oxygen atoms in total. The monoisotopic (exact) mass is 384 g/mol. The molecule has 0 aliphatic heterocycles. The Hall–Kier alpha value is -2.40. The zero-order chi connectivity index (χ0) is 19.9. The van der Waals surface area contributed by atoms with Crippen LogP contribution in [0.3, 0.4) is 0 Å². The first-order chi connectivity index (χ1) is 13.5. The second-order valence-corrected chi connectivity index (χ2v) is 7.78. The smallest absolute Gasteiger partial charge is 0.372 e. The predicted molar refractivity (Wildman–Crippen MR) is 106 cm³/mol. The molecule has 0 radical (unpaired) electrons. The van der Waals surface area contributed by atoms with Crippen LogP contribution in [0.25, 0.3) is 0 Å². The van der Waals surface area contributed by atoms with E-state index in [1.807, 2.05) is 36.4 Å². The molecule has 5 heteroatoms. The van der Waals surface area contributed by atoms with Crippen molar-refractivity contribution in [2.45, 2.75) is 44.6 Å². The highest BCUT2D eigenvalue weighted by Gasteiger charge is 2.39. The molecule has 0 aromatic heterocycles. The van der Waals surface area contributed by atoms with Crippen LogP contribution in [0.1, 0.15) is 38.5 Å². The first kappa shape index (κ1) is 20.3. The van der Waals surface area contributed by atoms with Crippen molar-refractivity contribution < 1.29 is 24.5 Å². The highest BCUT2D eigenvalue weighted by molar-refractivity contribution is 6.32. The molecule has 150 valence electrons. The Morgan fingerprint density at radius 3 is 2.71 bits per heavy atom. The van der Waals surface area contributed by atoms with Gasteiger partial charge in [0.25, 0.3) is 0 Å². The minimum absolute atomic E-state index is 0.0745. The van der Waals surface area contributed by atoms with Gasteiger partial charge >= 0.3 is 5.97 Å². The minimum Gasteiger partial charge on any atom is -0.491 e. The first-order valence-electron chi connectivity index (χ1n) is 10.0. The first-order valence-corrected chi connectivity index (χ1v) is 10.0. The van der Waals surface area contributed by atoms with E-state index in [2.05, 4.69) is 12.2 Å². The maximum absolute atomic E-state index is 11.2. The molecule has 2 aliphatic rings. The molecule has 1 aromatic rings. The van der Waals surface area contributed by atoms with E-state index in [1.54, 1.807) is 0 Å². The summed E-state index contributed by atoms with van der Waals surface area (Å²) in [6.07, 6.45) is 10.4. The number of ether oxygens (including phenoxy) is 1. The maximum atomic E-state index is 11.2. The van der Waals surface area contributed by atoms with Gasteiger partial charge in [0.2, 0.25) is 5.78 Å². The van der Waals surface area contributed by atoms with Gasteiger partial charge in [-0.3, -0.25) is 4.79 Å². The van der Waals surface area contributed by atoms with E-state index in [4.69, 9.17) is 9.84 Å². The Morgan fingerprint density at radius 1 is 1.18 bits per heavy atom. The molecule has 0 bridgehead atoms. The molecule has 0 unspecified atom stereocenters. The second-order valence-electron chi connectivity index (χ2n) is 7.78. The van der Waals surface area contributed by atoms with Crippen molar-refractivity contribution in [3.8, 4) is 5.75 Å². The van der Waals surface area contributed by atoms with Crippen molar-refractivity contribution in [2.75, 3.05) is 6.61 Å². The average Bonchev–Trinajstić information content (AvgIpc) is 3.26. The molecule has 2 aliphatic carbocycles. The molecular formula is C23H28O5. The predicted octanol–water partition coefficient (Wildman–Crippen LogP) is 3.78. The molecule has 4 atom stereocenters. The van der Waals surface area contributed by atoms with Crippen molar-refractivity contribution in [1.29, 1.82) is 0 Å². The Kier molecular flexibility index (Phi) is 7.04. The van der Waals surface area contributed by atoms with Crippen LogP contribution in [0.2, 0.25) is 0 Å². The van der Waals surface area contributed by atoms with Gasteiger partial charge < -0.3 is 14.9 Å². The minimum atomic E-state index is -1.35. The van der Waals surface area contributed by atoms with E-state index in [1.165, 1.54) is 12.0 Å². The fourth-order valence-corrected chi connectivity index (χ4v) is 4.42. The summed E-state index contributed by atoms with van der Waals surface area (Å²) in [4.78, 5) is 21.8. The Bertz CT molecular complexity index is 737. The van der Waals surface area contributed by atoms with Crippen molar-refractivity contribution in [2.24, 2.45) is 17.8 Å². The number of allylic oxidation sites excluding steroid dienone is 3. The average molecular weight is 384 g/mol. The highest BCUT2D eigenvalue weighted by Crippen LogP contribution is 2.50. The highest BCUT2D eigenvalue weighted by atomic mass is 16.5. The molecule has 0 saturated heterocycles. The molecule has 28 heavy (non-hydrogen) atoms. The van der Waals surface area contributed by atoms with Gasteiger partial charge in [0.1, 0.15) is 18.5 Å². The van der Waals surface area contributed by atoms with Crippen LogP contribution in [0, 0.1) is 17.8 Å². The standard InChI is InChI=1S/C23H28O5/c24-19(15-28-20-6-2-1-3-7-20)12-11-17-9-10-18-13-16(14-21(17)18)5-4-8-22(25)23(26)27/h1-3,5-7,11-12,17-19,21,24H,4,8-10,13-15H2,(H,26,27)/b12-11+,16-5+/t17-,18+,19+,21-/m1/s1. The Morgan fingerprint density at radius 2 is 1.96 bits per heavy atom. The third kappa shape index (κ3) is 5.55. The number of Topliss-reactive ketones (excluding diaryl/α,β-unsaturated/α-hetero) is 1. The van der Waals surface area contributed by atoms with E-state index in [0.717, 1.165) is 25.0 Å². The third-order valence-electron chi connectivity index (χ3n) is 5.84. The molecule has 3 rings (SSSR count). The molecular weight excluding hydrogens is 356 g/mol. The van der Waals surface area contributed by atoms with Gasteiger partial charge in [-0.25, -0.2) is 4.79 Å². The Balaban J connectivity index is 1.45. The van der Waals surface area contributed by atoms with Crippen LogP contribution in [0.15, 0.2) is 54.1 Å². The number of para-hydroxylation sites is 1. The molecule has 0 amide bonds. The molecule has 0 spiro atoms. The van der Waals surface area contributed by atoms with E-state index in [0.29, 0.717) is 24.2 Å². The zero-order valence-corrected chi connectivity index (χ0v) is 16.0. The lowest BCUT2D eigenvalue weighted by molar-refractivity contribution is -0.149. The fourth-order valence-electron chi connectivity index (χ4n) is 4.42. The van der Waals surface area contributed by atoms with Crippen LogP contribution in [-0.4, -0.2) is 34.7 Å². The van der Waals surface area contributed by atoms with Gasteiger partial charge in [0.05, 0.1) is 0 Å². The van der Waals surface area contributed by atoms with Crippen molar-refractivity contribution in [1.82, 2.24) is 0 Å². The number of aliphatic carboxylic acids is 1. The van der Waals surface area contributed by atoms with Crippen LogP contribution in [0.5, 0.6) is 5.75 Å². The van der Waals surface area contributed by atoms with Gasteiger partial charge in [0, 0.05) is 6.42 Å². The van der Waals surface area contributed by atoms with Crippen LogP contribution in [0.4, 0.5) is 0 Å². The zero-order valence-electron chi connectivity index (χ0n) is 16.0. The van der Waals surface area contributed by atoms with Gasteiger partial charge in [0.15, 0.2) is 0 Å². The second kappa shape index (κ2) is 9.69. The summed E-state index contributed by atoms with van der Waals surface area (Å²) in [6, 6.07) is 9.47. The molecule has 2 fully saturated rings. The van der Waals surface area contributed by atoms with E-state index in [9.17, 15) is 14.7 Å². The summed E-state index contributed by atoms with van der Waals surface area (Å²) >= 11 is 0. The number of carboxylic acids is 1. The summed E-state index contributed by atoms with van der Waals surface area (Å²) in [7, 11) is 0. The summed E-state index contributed by atoms with van der Waals surface area (Å²) in [5.74, 6) is 0.392. The maximum Gasteiger partial charge on any atom is 0.372 e. The number of ketones is 1. The van der Waals surface area contributed by atoms with Crippen LogP contribution < -0.4 is 4.74 Å². The quantitative estimate of drug-likeness (QED) is 0.500. The summed E-state index contributed by atoms with van der Waals surface area (Å²) in [5, 5.41) is 18.8. The van der Waals surface area contributed by atoms with Crippen molar-refractivity contribution >= 4 is 11.8 Å². The van der Waals surface area contributed by atoms with Gasteiger partial charge in [-0.2, -0.15) is 0 Å². The number of carbonyl (C=O) groups is 2.